The Bertz CT molecular complexity index is 1110. The van der Waals surface area contributed by atoms with E-state index in [0.717, 1.165) is 12.8 Å². The van der Waals surface area contributed by atoms with Gasteiger partial charge in [-0.2, -0.15) is 4.98 Å². The number of halogens is 1. The van der Waals surface area contributed by atoms with Gasteiger partial charge in [0.1, 0.15) is 24.1 Å². The molecule has 2 saturated heterocycles. The van der Waals surface area contributed by atoms with Gasteiger partial charge in [0.05, 0.1) is 29.8 Å². The Morgan fingerprint density at radius 1 is 1.17 bits per heavy atom. The molecule has 0 amide bonds. The number of hydrogen-bond acceptors (Lipinski definition) is 7. The minimum absolute atomic E-state index is 0.178. The van der Waals surface area contributed by atoms with Crippen LogP contribution in [-0.4, -0.2) is 57.7 Å². The number of aryl methyl sites for hydroxylation is 1. The lowest BCUT2D eigenvalue weighted by atomic mass is 10.1. The van der Waals surface area contributed by atoms with Gasteiger partial charge in [-0.05, 0) is 30.0 Å². The number of rotatable bonds is 4. The summed E-state index contributed by atoms with van der Waals surface area (Å²) in [5.74, 6) is 0.607. The molecule has 3 aliphatic rings. The summed E-state index contributed by atoms with van der Waals surface area (Å²) in [6.07, 6.45) is 0.433. The highest BCUT2D eigenvalue weighted by atomic mass is 35.5. The van der Waals surface area contributed by atoms with E-state index in [0.29, 0.717) is 34.6 Å². The number of nitrogens with one attached hydrogen (secondary N) is 2. The van der Waals surface area contributed by atoms with Crippen LogP contribution in [0, 0.1) is 0 Å². The normalized spacial score (nSPS) is 29.9. The van der Waals surface area contributed by atoms with Gasteiger partial charge in [-0.3, -0.25) is 0 Å². The van der Waals surface area contributed by atoms with E-state index in [1.807, 2.05) is 0 Å². The van der Waals surface area contributed by atoms with E-state index in [2.05, 4.69) is 44.5 Å². The zero-order valence-corrected chi connectivity index (χ0v) is 16.8. The van der Waals surface area contributed by atoms with Crippen LogP contribution in [0.3, 0.4) is 0 Å². The van der Waals surface area contributed by atoms with Crippen molar-refractivity contribution in [2.24, 2.45) is 0 Å². The van der Waals surface area contributed by atoms with Crippen molar-refractivity contribution in [2.45, 2.75) is 43.3 Å². The quantitative estimate of drug-likeness (QED) is 0.587. The molecule has 0 spiro atoms. The lowest BCUT2D eigenvalue weighted by Crippen LogP contribution is -2.34. The Morgan fingerprint density at radius 3 is 2.97 bits per heavy atom. The van der Waals surface area contributed by atoms with Gasteiger partial charge in [-0.1, -0.05) is 35.9 Å². The average Bonchev–Trinajstić information content (AvgIpc) is 3.49. The monoisotopic (exact) mass is 428 g/mol. The summed E-state index contributed by atoms with van der Waals surface area (Å²) in [7, 11) is 0. The van der Waals surface area contributed by atoms with Gasteiger partial charge in [-0.25, -0.2) is 4.98 Å². The minimum Gasteiger partial charge on any atom is -0.456 e. The molecule has 156 valence electrons. The number of pyridine rings is 1. The highest BCUT2D eigenvalue weighted by Gasteiger charge is 2.48. The van der Waals surface area contributed by atoms with E-state index in [4.69, 9.17) is 25.8 Å². The van der Waals surface area contributed by atoms with Crippen LogP contribution in [0.15, 0.2) is 30.3 Å². The zero-order chi connectivity index (χ0) is 20.2. The molecule has 0 unspecified atom stereocenters. The number of aliphatic hydroxyl groups excluding tert-OH is 1. The van der Waals surface area contributed by atoms with E-state index < -0.39 is 6.10 Å². The summed E-state index contributed by atoms with van der Waals surface area (Å²) in [5, 5.41) is 13.9. The summed E-state index contributed by atoms with van der Waals surface area (Å²) in [6, 6.07) is 10.7. The zero-order valence-electron chi connectivity index (χ0n) is 16.0. The Morgan fingerprint density at radius 2 is 2.03 bits per heavy atom. The number of aromatic amines is 1. The van der Waals surface area contributed by atoms with Crippen LogP contribution >= 0.6 is 11.6 Å². The van der Waals surface area contributed by atoms with Crippen LogP contribution in [0.1, 0.15) is 23.6 Å². The van der Waals surface area contributed by atoms with Crippen molar-refractivity contribution in [3.05, 3.63) is 46.5 Å². The number of H-pyrrole nitrogens is 1. The Hall–Kier alpha value is -2.39. The minimum atomic E-state index is -0.617. The average molecular weight is 429 g/mol. The molecule has 9 heteroatoms. The van der Waals surface area contributed by atoms with Crippen molar-refractivity contribution in [2.75, 3.05) is 18.5 Å². The van der Waals surface area contributed by atoms with Crippen molar-refractivity contribution in [3.63, 3.8) is 0 Å². The van der Waals surface area contributed by atoms with E-state index >= 15 is 0 Å². The third-order valence-electron chi connectivity index (χ3n) is 6.09. The number of aromatic nitrogens is 3. The molecule has 1 aromatic carbocycles. The Labute approximate surface area is 177 Å². The molecule has 0 saturated carbocycles. The first kappa shape index (κ1) is 18.4. The Kier molecular flexibility index (Phi) is 4.35. The van der Waals surface area contributed by atoms with Crippen LogP contribution in [0.5, 0.6) is 6.01 Å². The molecule has 2 aliphatic heterocycles. The van der Waals surface area contributed by atoms with Gasteiger partial charge in [-0.15, -0.1) is 0 Å². The number of nitrogens with zero attached hydrogens (tertiary/aromatic N) is 2. The molecule has 1 aliphatic carbocycles. The first-order valence-electron chi connectivity index (χ1n) is 10.1. The summed E-state index contributed by atoms with van der Waals surface area (Å²) in [5.41, 5.74) is 3.86. The van der Waals surface area contributed by atoms with Crippen molar-refractivity contribution >= 4 is 28.6 Å². The van der Waals surface area contributed by atoms with Crippen LogP contribution in [0.4, 0.5) is 5.82 Å². The molecule has 5 atom stereocenters. The van der Waals surface area contributed by atoms with Crippen LogP contribution < -0.4 is 10.1 Å². The molecule has 0 bridgehead atoms. The maximum Gasteiger partial charge on any atom is 0.296 e. The third kappa shape index (κ3) is 3.02. The first-order valence-corrected chi connectivity index (χ1v) is 10.5. The number of ether oxygens (including phenoxy) is 3. The molecule has 4 heterocycles. The van der Waals surface area contributed by atoms with Crippen molar-refractivity contribution < 1.29 is 19.3 Å². The van der Waals surface area contributed by atoms with E-state index in [9.17, 15) is 5.11 Å². The van der Waals surface area contributed by atoms with E-state index in [1.54, 1.807) is 6.07 Å². The number of benzene rings is 1. The van der Waals surface area contributed by atoms with Gasteiger partial charge in [0.2, 0.25) is 0 Å². The second-order valence-electron chi connectivity index (χ2n) is 7.99. The molecule has 2 aromatic heterocycles. The Balaban J connectivity index is 1.23. The maximum atomic E-state index is 9.88. The fraction of sp³-hybridized carbons (Fsp3) is 0.429. The highest BCUT2D eigenvalue weighted by molar-refractivity contribution is 6.33. The number of aliphatic hydroxyl groups is 1. The lowest BCUT2D eigenvalue weighted by molar-refractivity contribution is 0.00706. The van der Waals surface area contributed by atoms with Gasteiger partial charge in [0, 0.05) is 0 Å². The molecule has 3 N–H and O–H groups in total. The van der Waals surface area contributed by atoms with Crippen molar-refractivity contribution in [1.82, 2.24) is 15.0 Å². The third-order valence-corrected chi connectivity index (χ3v) is 6.38. The second kappa shape index (κ2) is 7.09. The van der Waals surface area contributed by atoms with Gasteiger partial charge >= 0.3 is 0 Å². The van der Waals surface area contributed by atoms with Crippen LogP contribution in [0.25, 0.3) is 11.2 Å². The van der Waals surface area contributed by atoms with Crippen LogP contribution in [0.2, 0.25) is 5.02 Å². The molecule has 0 radical (unpaired) electrons. The topological polar surface area (TPSA) is 102 Å². The maximum absolute atomic E-state index is 9.88. The lowest BCUT2D eigenvalue weighted by Gasteiger charge is -2.15. The number of hydrogen-bond donors (Lipinski definition) is 3. The molecule has 30 heavy (non-hydrogen) atoms. The standard InChI is InChI=1S/C21H21ClN4O4/c22-12-7-14-20(25-19(12)23-13-6-5-10-3-1-2-4-11(10)13)26-21(24-14)30-16-9-29-17-15(27)8-28-18(16)17/h1-4,7,13,15-18,27H,5-6,8-9H2,(H2,23,24,25,26)/t13-,15+,16+,17+,18+/m0/s1. The molecule has 8 nitrogen and oxygen atoms in total. The predicted octanol–water partition coefficient (Wildman–Crippen LogP) is 2.62. The second-order valence-corrected chi connectivity index (χ2v) is 8.39. The van der Waals surface area contributed by atoms with E-state index in [1.165, 1.54) is 11.1 Å². The predicted molar refractivity (Wildman–Crippen MR) is 110 cm³/mol. The fourth-order valence-corrected chi connectivity index (χ4v) is 4.82. The SMILES string of the molecule is O[C@@H]1CO[C@H]2[C@@H]1OC[C@H]2Oc1nc2nc(N[C@H]3CCc4ccccc43)c(Cl)cc2[nH]1. The van der Waals surface area contributed by atoms with Crippen molar-refractivity contribution in [3.8, 4) is 6.01 Å². The summed E-state index contributed by atoms with van der Waals surface area (Å²) < 4.78 is 17.2. The number of imidazole rings is 1. The highest BCUT2D eigenvalue weighted by Crippen LogP contribution is 2.36. The van der Waals surface area contributed by atoms with Gasteiger partial charge < -0.3 is 29.6 Å². The molecule has 6 rings (SSSR count). The van der Waals surface area contributed by atoms with Gasteiger partial charge in [0.15, 0.2) is 11.8 Å². The van der Waals surface area contributed by atoms with Gasteiger partial charge in [0.25, 0.3) is 6.01 Å². The summed E-state index contributed by atoms with van der Waals surface area (Å²) in [4.78, 5) is 12.2. The van der Waals surface area contributed by atoms with Crippen LogP contribution in [-0.2, 0) is 15.9 Å². The summed E-state index contributed by atoms with van der Waals surface area (Å²) >= 11 is 6.50. The fourth-order valence-electron chi connectivity index (χ4n) is 4.61. The molecule has 3 aromatic rings. The van der Waals surface area contributed by atoms with E-state index in [-0.39, 0.29) is 31.0 Å². The number of fused-ring (bicyclic) bond motifs is 3. The number of anilines is 1. The molecule has 2 fully saturated rings. The largest absolute Gasteiger partial charge is 0.456 e. The molecular formula is C21H21ClN4O4. The first-order chi connectivity index (χ1) is 14.7. The van der Waals surface area contributed by atoms with Crippen molar-refractivity contribution in [1.29, 1.82) is 0 Å². The smallest absolute Gasteiger partial charge is 0.296 e. The molecular weight excluding hydrogens is 408 g/mol. The summed E-state index contributed by atoms with van der Waals surface area (Å²) in [6.45, 7) is 0.595.